The number of rotatable bonds is 6. The summed E-state index contributed by atoms with van der Waals surface area (Å²) in [7, 11) is 0. The molecule has 1 fully saturated rings. The first-order valence-electron chi connectivity index (χ1n) is 9.39. The maximum atomic E-state index is 12.6. The molecule has 2 aromatic heterocycles. The largest absolute Gasteiger partial charge is 0.383 e. The second kappa shape index (κ2) is 8.56. The van der Waals surface area contributed by atoms with Gasteiger partial charge in [-0.1, -0.05) is 23.5 Å². The van der Waals surface area contributed by atoms with Crippen molar-refractivity contribution in [1.82, 2.24) is 19.8 Å². The van der Waals surface area contributed by atoms with E-state index in [1.807, 2.05) is 35.3 Å². The van der Waals surface area contributed by atoms with Crippen LogP contribution in [0, 0.1) is 10.1 Å². The summed E-state index contributed by atoms with van der Waals surface area (Å²) in [4.78, 5) is 35.9. The highest BCUT2D eigenvalue weighted by atomic mass is 32.1. The molecule has 154 valence electrons. The lowest BCUT2D eigenvalue weighted by atomic mass is 10.1. The molecular formula is C20H20N6O3S. The zero-order valence-electron chi connectivity index (χ0n) is 16.1. The molecule has 1 saturated heterocycles. The first-order chi connectivity index (χ1) is 14.5. The summed E-state index contributed by atoms with van der Waals surface area (Å²) < 4.78 is 0. The first kappa shape index (κ1) is 19.9. The van der Waals surface area contributed by atoms with E-state index in [1.54, 1.807) is 6.07 Å². The number of aromatic nitrogens is 2. The number of piperazine rings is 1. The van der Waals surface area contributed by atoms with Crippen LogP contribution in [0.3, 0.4) is 0 Å². The van der Waals surface area contributed by atoms with E-state index < -0.39 is 4.92 Å². The van der Waals surface area contributed by atoms with E-state index in [1.165, 1.54) is 12.4 Å². The van der Waals surface area contributed by atoms with Gasteiger partial charge in [-0.2, -0.15) is 0 Å². The smallest absolute Gasteiger partial charge is 0.324 e. The Hall–Kier alpha value is -3.37. The highest BCUT2D eigenvalue weighted by Gasteiger charge is 2.23. The fourth-order valence-corrected chi connectivity index (χ4v) is 4.12. The maximum absolute atomic E-state index is 12.6. The number of hydrogen-bond donors (Lipinski definition) is 1. The van der Waals surface area contributed by atoms with Crippen molar-refractivity contribution in [3.05, 3.63) is 63.3 Å². The Balaban J connectivity index is 1.32. The predicted molar refractivity (Wildman–Crippen MR) is 116 cm³/mol. The standard InChI is InChI=1S/C20H20N6O3S/c21-20-16-5-3-14(10-17(16)22-13-23-20)11-25-9-8-24(12-18(25)27)7-1-2-15-4-6-19(30-15)26(28)29/h1-6,10,13H,7-9,11-12H2,(H2,21,22,23). The minimum atomic E-state index is -0.392. The Morgan fingerprint density at radius 1 is 1.23 bits per heavy atom. The van der Waals surface area contributed by atoms with Crippen molar-refractivity contribution in [1.29, 1.82) is 0 Å². The van der Waals surface area contributed by atoms with Crippen molar-refractivity contribution < 1.29 is 9.72 Å². The van der Waals surface area contributed by atoms with Crippen molar-refractivity contribution in [3.63, 3.8) is 0 Å². The summed E-state index contributed by atoms with van der Waals surface area (Å²) in [5.74, 6) is 0.519. The number of anilines is 1. The van der Waals surface area contributed by atoms with Gasteiger partial charge in [-0.25, -0.2) is 9.97 Å². The highest BCUT2D eigenvalue weighted by molar-refractivity contribution is 7.16. The Labute approximate surface area is 176 Å². The Morgan fingerprint density at radius 3 is 2.87 bits per heavy atom. The van der Waals surface area contributed by atoms with Gasteiger partial charge < -0.3 is 10.6 Å². The zero-order valence-corrected chi connectivity index (χ0v) is 16.9. The number of thiophene rings is 1. The highest BCUT2D eigenvalue weighted by Crippen LogP contribution is 2.25. The second-order valence-electron chi connectivity index (χ2n) is 7.00. The minimum absolute atomic E-state index is 0.0729. The third-order valence-electron chi connectivity index (χ3n) is 4.94. The molecule has 2 N–H and O–H groups in total. The van der Waals surface area contributed by atoms with Crippen molar-refractivity contribution in [2.45, 2.75) is 6.54 Å². The number of carbonyl (C=O) groups is 1. The molecule has 1 amide bonds. The zero-order chi connectivity index (χ0) is 21.1. The maximum Gasteiger partial charge on any atom is 0.324 e. The first-order valence-corrected chi connectivity index (χ1v) is 10.2. The summed E-state index contributed by atoms with van der Waals surface area (Å²) in [6, 6.07) is 9.01. The number of nitro groups is 1. The summed E-state index contributed by atoms with van der Waals surface area (Å²) >= 11 is 1.13. The molecule has 0 atom stereocenters. The van der Waals surface area contributed by atoms with E-state index in [0.717, 1.165) is 39.2 Å². The number of amides is 1. The molecule has 1 aliphatic rings. The summed E-state index contributed by atoms with van der Waals surface area (Å²) in [5, 5.41) is 11.7. The molecule has 0 saturated carbocycles. The van der Waals surface area contributed by atoms with Gasteiger partial charge in [0.05, 0.1) is 17.0 Å². The van der Waals surface area contributed by atoms with Gasteiger partial charge in [0.1, 0.15) is 12.1 Å². The van der Waals surface area contributed by atoms with Gasteiger partial charge in [-0.3, -0.25) is 19.8 Å². The molecule has 0 spiro atoms. The van der Waals surface area contributed by atoms with Gasteiger partial charge in [0.15, 0.2) is 0 Å². The van der Waals surface area contributed by atoms with Crippen LogP contribution in [0.1, 0.15) is 10.4 Å². The average molecular weight is 424 g/mol. The van der Waals surface area contributed by atoms with Crippen LogP contribution in [0.25, 0.3) is 17.0 Å². The Kier molecular flexibility index (Phi) is 5.68. The number of fused-ring (bicyclic) bond motifs is 1. The molecule has 3 heterocycles. The molecule has 3 aromatic rings. The topological polar surface area (TPSA) is 118 Å². The number of nitrogens with zero attached hydrogens (tertiary/aromatic N) is 5. The van der Waals surface area contributed by atoms with E-state index in [9.17, 15) is 14.9 Å². The second-order valence-corrected chi connectivity index (χ2v) is 8.09. The van der Waals surface area contributed by atoms with Gasteiger partial charge in [0.2, 0.25) is 5.91 Å². The van der Waals surface area contributed by atoms with E-state index in [4.69, 9.17) is 5.73 Å². The molecule has 1 aliphatic heterocycles. The summed E-state index contributed by atoms with van der Waals surface area (Å²) in [6.45, 7) is 2.90. The molecular weight excluding hydrogens is 404 g/mol. The predicted octanol–water partition coefficient (Wildman–Crippen LogP) is 2.54. The van der Waals surface area contributed by atoms with E-state index in [0.29, 0.717) is 32.0 Å². The number of carbonyl (C=O) groups excluding carboxylic acids is 1. The molecule has 0 bridgehead atoms. The third-order valence-corrected chi connectivity index (χ3v) is 5.94. The van der Waals surface area contributed by atoms with Crippen molar-refractivity contribution in [2.75, 3.05) is 31.9 Å². The van der Waals surface area contributed by atoms with Gasteiger partial charge in [0.25, 0.3) is 0 Å². The van der Waals surface area contributed by atoms with E-state index in [2.05, 4.69) is 14.9 Å². The lowest BCUT2D eigenvalue weighted by Crippen LogP contribution is -2.49. The Morgan fingerprint density at radius 2 is 2.10 bits per heavy atom. The molecule has 4 rings (SSSR count). The molecule has 30 heavy (non-hydrogen) atoms. The number of nitrogen functional groups attached to an aromatic ring is 1. The fourth-order valence-electron chi connectivity index (χ4n) is 3.37. The minimum Gasteiger partial charge on any atom is -0.383 e. The normalized spacial score (nSPS) is 15.3. The van der Waals surface area contributed by atoms with Crippen LogP contribution >= 0.6 is 11.3 Å². The average Bonchev–Trinajstić information content (AvgIpc) is 3.19. The van der Waals surface area contributed by atoms with Gasteiger partial charge in [0, 0.05) is 42.5 Å². The van der Waals surface area contributed by atoms with Crippen LogP contribution in [-0.4, -0.2) is 56.8 Å². The molecule has 0 unspecified atom stereocenters. The molecule has 10 heteroatoms. The molecule has 0 aliphatic carbocycles. The third kappa shape index (κ3) is 4.44. The van der Waals surface area contributed by atoms with Crippen LogP contribution in [0.2, 0.25) is 0 Å². The SMILES string of the molecule is Nc1ncnc2cc(CN3CCN(CC=Cc4ccc([N+](=O)[O-])s4)CC3=O)ccc12. The van der Waals surface area contributed by atoms with Crippen LogP contribution < -0.4 is 5.73 Å². The summed E-state index contributed by atoms with van der Waals surface area (Å²) in [6.07, 6.45) is 5.23. The lowest BCUT2D eigenvalue weighted by Gasteiger charge is -2.33. The van der Waals surface area contributed by atoms with Crippen LogP contribution in [0.4, 0.5) is 10.8 Å². The summed E-state index contributed by atoms with van der Waals surface area (Å²) in [5.41, 5.74) is 7.63. The van der Waals surface area contributed by atoms with Crippen LogP contribution in [0.5, 0.6) is 0 Å². The van der Waals surface area contributed by atoms with Crippen LogP contribution in [-0.2, 0) is 11.3 Å². The van der Waals surface area contributed by atoms with Crippen molar-refractivity contribution in [3.8, 4) is 0 Å². The van der Waals surface area contributed by atoms with E-state index >= 15 is 0 Å². The number of nitrogens with two attached hydrogens (primary N) is 1. The Bertz CT molecular complexity index is 1130. The van der Waals surface area contributed by atoms with Crippen molar-refractivity contribution in [2.24, 2.45) is 0 Å². The van der Waals surface area contributed by atoms with Gasteiger partial charge >= 0.3 is 5.00 Å². The fraction of sp³-hybridized carbons (Fsp3) is 0.250. The number of hydrogen-bond acceptors (Lipinski definition) is 8. The van der Waals surface area contributed by atoms with Gasteiger partial charge in [-0.15, -0.1) is 0 Å². The van der Waals surface area contributed by atoms with E-state index in [-0.39, 0.29) is 10.9 Å². The molecule has 0 radical (unpaired) electrons. The quantitative estimate of drug-likeness (QED) is 0.477. The van der Waals surface area contributed by atoms with Gasteiger partial charge in [-0.05, 0) is 29.8 Å². The molecule has 1 aromatic carbocycles. The van der Waals surface area contributed by atoms with Crippen molar-refractivity contribution >= 4 is 45.0 Å². The molecule has 9 nitrogen and oxygen atoms in total. The monoisotopic (exact) mass is 424 g/mol. The van der Waals surface area contributed by atoms with Crippen LogP contribution in [0.15, 0.2) is 42.7 Å². The lowest BCUT2D eigenvalue weighted by molar-refractivity contribution is -0.380. The number of benzene rings is 1.